The Kier molecular flexibility index (Phi) is 4.41. The Balaban J connectivity index is 2.28. The van der Waals surface area contributed by atoms with Gasteiger partial charge in [0.2, 0.25) is 0 Å². The number of nitrogens with zero attached hydrogens (tertiary/aromatic N) is 1. The third-order valence-corrected chi connectivity index (χ3v) is 3.27. The van der Waals surface area contributed by atoms with Gasteiger partial charge in [0, 0.05) is 5.56 Å². The summed E-state index contributed by atoms with van der Waals surface area (Å²) in [5.41, 5.74) is 0.716. The molecule has 104 valence electrons. The second-order valence-corrected chi connectivity index (χ2v) is 4.59. The molecule has 2 N–H and O–H groups in total. The average Bonchev–Trinajstić information content (AvgIpc) is 2.90. The number of esters is 1. The van der Waals surface area contributed by atoms with Gasteiger partial charge in [-0.1, -0.05) is 18.2 Å². The lowest BCUT2D eigenvalue weighted by Gasteiger charge is -2.05. The zero-order chi connectivity index (χ0) is 14.5. The molecule has 1 aromatic carbocycles. The van der Waals surface area contributed by atoms with Crippen molar-refractivity contribution < 1.29 is 14.3 Å². The summed E-state index contributed by atoms with van der Waals surface area (Å²) >= 11 is 1.29. The molecule has 0 aliphatic carbocycles. The van der Waals surface area contributed by atoms with E-state index >= 15 is 0 Å². The predicted molar refractivity (Wildman–Crippen MR) is 76.1 cm³/mol. The van der Waals surface area contributed by atoms with Crippen LogP contribution in [0.15, 0.2) is 35.4 Å². The minimum absolute atomic E-state index is 0.226. The maximum atomic E-state index is 12.1. The fraction of sp³-hybridized carbons (Fsp3) is 0.154. The number of carbonyl (C=O) groups excluding carboxylic acids is 2. The van der Waals surface area contributed by atoms with Gasteiger partial charge in [0.15, 0.2) is 0 Å². The van der Waals surface area contributed by atoms with Gasteiger partial charge in [-0.15, -0.1) is 11.8 Å². The van der Waals surface area contributed by atoms with E-state index in [1.54, 1.807) is 30.5 Å². The molecule has 0 radical (unpaired) electrons. The van der Waals surface area contributed by atoms with Crippen molar-refractivity contribution in [3.05, 3.63) is 41.5 Å². The minimum Gasteiger partial charge on any atom is -0.465 e. The number of carbonyl (C=O) groups is 2. The van der Waals surface area contributed by atoms with E-state index in [-0.39, 0.29) is 17.3 Å². The predicted octanol–water partition coefficient (Wildman–Crippen LogP) is 2.17. The number of thioether (sulfide) groups is 1. The van der Waals surface area contributed by atoms with Gasteiger partial charge in [-0.3, -0.25) is 9.89 Å². The molecule has 1 amide bonds. The number of rotatable bonds is 4. The number of H-pyrrole nitrogens is 1. The lowest BCUT2D eigenvalue weighted by Crippen LogP contribution is -2.15. The number of hydrogen-bond donors (Lipinski definition) is 2. The van der Waals surface area contributed by atoms with E-state index in [0.717, 1.165) is 0 Å². The van der Waals surface area contributed by atoms with Crippen LogP contribution in [0.1, 0.15) is 20.7 Å². The first kappa shape index (κ1) is 14.1. The number of amides is 1. The highest BCUT2D eigenvalue weighted by Gasteiger charge is 2.22. The number of ether oxygens (including phenoxy) is 1. The quantitative estimate of drug-likeness (QED) is 0.666. The maximum absolute atomic E-state index is 12.1. The molecule has 2 rings (SSSR count). The van der Waals surface area contributed by atoms with Crippen LogP contribution in [0.25, 0.3) is 0 Å². The van der Waals surface area contributed by atoms with Crippen molar-refractivity contribution in [2.24, 2.45) is 0 Å². The smallest absolute Gasteiger partial charge is 0.344 e. The molecule has 0 fully saturated rings. The molecule has 0 aliphatic rings. The summed E-state index contributed by atoms with van der Waals surface area (Å²) in [5, 5.41) is 9.71. The fourth-order valence-electron chi connectivity index (χ4n) is 1.63. The number of nitrogens with one attached hydrogen (secondary N) is 2. The Morgan fingerprint density at radius 3 is 2.60 bits per heavy atom. The first-order chi connectivity index (χ1) is 9.67. The van der Waals surface area contributed by atoms with Crippen LogP contribution in [0.4, 0.5) is 5.82 Å². The molecule has 0 bridgehead atoms. The van der Waals surface area contributed by atoms with E-state index in [4.69, 9.17) is 4.74 Å². The molecule has 1 heterocycles. The number of anilines is 1. The third kappa shape index (κ3) is 2.83. The molecule has 1 aromatic heterocycles. The topological polar surface area (TPSA) is 84.1 Å². The lowest BCUT2D eigenvalue weighted by molar-refractivity contribution is 0.0598. The molecule has 0 unspecified atom stereocenters. The van der Waals surface area contributed by atoms with Crippen LogP contribution in [-0.2, 0) is 4.74 Å². The molecule has 20 heavy (non-hydrogen) atoms. The number of aromatic nitrogens is 2. The summed E-state index contributed by atoms with van der Waals surface area (Å²) < 4.78 is 4.70. The first-order valence-electron chi connectivity index (χ1n) is 5.74. The van der Waals surface area contributed by atoms with Crippen molar-refractivity contribution in [1.82, 2.24) is 10.2 Å². The Morgan fingerprint density at radius 1 is 1.30 bits per heavy atom. The normalized spacial score (nSPS) is 10.1. The van der Waals surface area contributed by atoms with E-state index in [1.807, 2.05) is 6.07 Å². The summed E-state index contributed by atoms with van der Waals surface area (Å²) in [5.74, 6) is -0.645. The first-order valence-corrected chi connectivity index (χ1v) is 6.97. The van der Waals surface area contributed by atoms with Gasteiger partial charge in [-0.2, -0.15) is 5.10 Å². The van der Waals surface area contributed by atoms with E-state index in [1.165, 1.54) is 18.9 Å². The van der Waals surface area contributed by atoms with Crippen molar-refractivity contribution >= 4 is 29.5 Å². The summed E-state index contributed by atoms with van der Waals surface area (Å²) in [7, 11) is 1.28. The van der Waals surface area contributed by atoms with Gasteiger partial charge in [-0.25, -0.2) is 4.79 Å². The Hall–Kier alpha value is -2.28. The van der Waals surface area contributed by atoms with Crippen molar-refractivity contribution in [3.63, 3.8) is 0 Å². The van der Waals surface area contributed by atoms with E-state index in [2.05, 4.69) is 15.5 Å². The van der Waals surface area contributed by atoms with Crippen molar-refractivity contribution in [2.45, 2.75) is 5.03 Å². The van der Waals surface area contributed by atoms with Crippen LogP contribution in [0.2, 0.25) is 0 Å². The minimum atomic E-state index is -0.550. The Labute approximate surface area is 119 Å². The summed E-state index contributed by atoms with van der Waals surface area (Å²) in [6.07, 6.45) is 1.78. The van der Waals surface area contributed by atoms with Crippen LogP contribution < -0.4 is 5.32 Å². The average molecular weight is 291 g/mol. The largest absolute Gasteiger partial charge is 0.465 e. The second-order valence-electron chi connectivity index (χ2n) is 3.79. The molecular formula is C13H13N3O3S. The van der Waals surface area contributed by atoms with Gasteiger partial charge in [0.05, 0.1) is 7.11 Å². The molecule has 0 saturated carbocycles. The van der Waals surface area contributed by atoms with E-state index in [0.29, 0.717) is 10.6 Å². The molecule has 0 spiro atoms. The van der Waals surface area contributed by atoms with Crippen molar-refractivity contribution in [3.8, 4) is 0 Å². The second kappa shape index (κ2) is 6.25. The third-order valence-electron chi connectivity index (χ3n) is 2.59. The van der Waals surface area contributed by atoms with Crippen molar-refractivity contribution in [1.29, 1.82) is 0 Å². The molecular weight excluding hydrogens is 278 g/mol. The number of benzene rings is 1. The molecule has 2 aromatic rings. The zero-order valence-corrected chi connectivity index (χ0v) is 11.8. The maximum Gasteiger partial charge on any atom is 0.344 e. The number of methoxy groups -OCH3 is 1. The Morgan fingerprint density at radius 2 is 2.00 bits per heavy atom. The highest BCUT2D eigenvalue weighted by atomic mass is 32.2. The Bertz CT molecular complexity index is 625. The van der Waals surface area contributed by atoms with Crippen molar-refractivity contribution in [2.75, 3.05) is 18.7 Å². The monoisotopic (exact) mass is 291 g/mol. The van der Waals surface area contributed by atoms with Crippen LogP contribution in [0.5, 0.6) is 0 Å². The van der Waals surface area contributed by atoms with E-state index < -0.39 is 5.97 Å². The zero-order valence-electron chi connectivity index (χ0n) is 11.0. The molecule has 0 aliphatic heterocycles. The SMILES string of the molecule is COC(=O)c1c(SC)n[nH]c1NC(=O)c1ccccc1. The fourth-order valence-corrected chi connectivity index (χ4v) is 2.16. The number of hydrogen-bond acceptors (Lipinski definition) is 5. The summed E-state index contributed by atoms with van der Waals surface area (Å²) in [6.45, 7) is 0. The van der Waals surface area contributed by atoms with Gasteiger partial charge in [0.25, 0.3) is 5.91 Å². The number of aromatic amines is 1. The highest BCUT2D eigenvalue weighted by molar-refractivity contribution is 7.98. The van der Waals surface area contributed by atoms with Crippen LogP contribution >= 0.6 is 11.8 Å². The van der Waals surface area contributed by atoms with Crippen LogP contribution in [0.3, 0.4) is 0 Å². The standard InChI is InChI=1S/C13H13N3O3S/c1-19-13(18)9-10(15-16-12(9)20-2)14-11(17)8-6-4-3-5-7-8/h3-7H,1-2H3,(H2,14,15,16,17). The molecule has 6 nitrogen and oxygen atoms in total. The van der Waals surface area contributed by atoms with Gasteiger partial charge < -0.3 is 10.1 Å². The highest BCUT2D eigenvalue weighted by Crippen LogP contribution is 2.25. The van der Waals surface area contributed by atoms with Gasteiger partial charge in [-0.05, 0) is 18.4 Å². The summed E-state index contributed by atoms with van der Waals surface area (Å²) in [4.78, 5) is 23.8. The van der Waals surface area contributed by atoms with Crippen LogP contribution in [0, 0.1) is 0 Å². The van der Waals surface area contributed by atoms with Gasteiger partial charge in [0.1, 0.15) is 16.4 Å². The van der Waals surface area contributed by atoms with E-state index in [9.17, 15) is 9.59 Å². The molecule has 7 heteroatoms. The van der Waals surface area contributed by atoms with Gasteiger partial charge >= 0.3 is 5.97 Å². The summed E-state index contributed by atoms with van der Waals surface area (Å²) in [6, 6.07) is 8.70. The molecule has 0 atom stereocenters. The lowest BCUT2D eigenvalue weighted by atomic mass is 10.2. The van der Waals surface area contributed by atoms with Crippen LogP contribution in [-0.4, -0.2) is 35.4 Å². The molecule has 0 saturated heterocycles.